The molecule has 3 aromatic rings. The van der Waals surface area contributed by atoms with Crippen LogP contribution in [-0.4, -0.2) is 18.4 Å². The number of hydrogen-bond donors (Lipinski definition) is 1. The van der Waals surface area contributed by atoms with E-state index >= 15 is 0 Å². The Bertz CT molecular complexity index is 1260. The zero-order valence-electron chi connectivity index (χ0n) is 18.0. The maximum Gasteiger partial charge on any atom is 0.282 e. The molecule has 1 aliphatic rings. The van der Waals surface area contributed by atoms with E-state index in [0.29, 0.717) is 38.9 Å². The topological polar surface area (TPSA) is 67.9 Å². The van der Waals surface area contributed by atoms with Crippen molar-refractivity contribution in [3.05, 3.63) is 91.9 Å². The second-order valence-corrected chi connectivity index (χ2v) is 8.85. The lowest BCUT2D eigenvalue weighted by atomic mass is 10.1. The minimum atomic E-state index is -0.516. The molecule has 0 atom stereocenters. The predicted octanol–water partition coefficient (Wildman–Crippen LogP) is 6.20. The highest BCUT2D eigenvalue weighted by atomic mass is 79.9. The monoisotopic (exact) mass is 560 g/mol. The number of para-hydroxylation sites is 1. The summed E-state index contributed by atoms with van der Waals surface area (Å²) in [6.07, 6.45) is 1.47. The first-order valence-corrected chi connectivity index (χ1v) is 11.9. The van der Waals surface area contributed by atoms with Crippen molar-refractivity contribution in [2.75, 3.05) is 11.6 Å². The van der Waals surface area contributed by atoms with Crippen molar-refractivity contribution in [2.45, 2.75) is 13.5 Å². The molecule has 0 spiro atoms. The molecule has 6 nitrogen and oxygen atoms in total. The lowest BCUT2D eigenvalue weighted by Crippen LogP contribution is -2.35. The standard InChI is InChI=1S/C25H19BrCl2N2O4/c1-2-33-20-13-16(12-19-24(31)29-30(25(19)32)18-6-4-3-5-7-18)21(26)22(28)23(20)34-14-15-8-10-17(27)11-9-15/h3-13H,2,14H2,1H3,(H,29,31)/b19-12-. The summed E-state index contributed by atoms with van der Waals surface area (Å²) in [6, 6.07) is 17.8. The maximum absolute atomic E-state index is 12.9. The maximum atomic E-state index is 12.9. The molecule has 0 bridgehead atoms. The third-order valence-corrected chi connectivity index (χ3v) is 6.65. The van der Waals surface area contributed by atoms with E-state index in [0.717, 1.165) is 5.56 Å². The number of hydrazine groups is 1. The van der Waals surface area contributed by atoms with E-state index in [4.69, 9.17) is 32.7 Å². The lowest BCUT2D eigenvalue weighted by Gasteiger charge is -2.16. The SMILES string of the molecule is CCOc1cc(/C=C2/C(=O)NN(c3ccccc3)C2=O)c(Br)c(Cl)c1OCc1ccc(Cl)cc1. The summed E-state index contributed by atoms with van der Waals surface area (Å²) in [5.41, 5.74) is 4.51. The Kier molecular flexibility index (Phi) is 7.46. The van der Waals surface area contributed by atoms with Crippen LogP contribution >= 0.6 is 39.1 Å². The molecule has 0 aliphatic carbocycles. The smallest absolute Gasteiger partial charge is 0.282 e. The summed E-state index contributed by atoms with van der Waals surface area (Å²) in [7, 11) is 0. The molecule has 1 aliphatic heterocycles. The van der Waals surface area contributed by atoms with Gasteiger partial charge in [-0.1, -0.05) is 53.5 Å². The van der Waals surface area contributed by atoms with Gasteiger partial charge in [0.25, 0.3) is 11.8 Å². The largest absolute Gasteiger partial charge is 0.490 e. The van der Waals surface area contributed by atoms with Crippen LogP contribution in [0.4, 0.5) is 5.69 Å². The molecule has 0 aromatic heterocycles. The Hall–Kier alpha value is -3.00. The Morgan fingerprint density at radius 2 is 1.74 bits per heavy atom. The van der Waals surface area contributed by atoms with E-state index < -0.39 is 11.8 Å². The number of hydrogen-bond acceptors (Lipinski definition) is 4. The molecule has 1 heterocycles. The summed E-state index contributed by atoms with van der Waals surface area (Å²) in [5, 5.41) is 2.10. The average molecular weight is 562 g/mol. The summed E-state index contributed by atoms with van der Waals surface area (Å²) in [6.45, 7) is 2.45. The summed E-state index contributed by atoms with van der Waals surface area (Å²) in [5.74, 6) is -0.249. The molecule has 174 valence electrons. The number of nitrogens with one attached hydrogen (secondary N) is 1. The van der Waals surface area contributed by atoms with Crippen LogP contribution in [-0.2, 0) is 16.2 Å². The van der Waals surface area contributed by atoms with E-state index in [1.165, 1.54) is 11.1 Å². The number of anilines is 1. The van der Waals surface area contributed by atoms with Crippen LogP contribution in [0, 0.1) is 0 Å². The fourth-order valence-electron chi connectivity index (χ4n) is 3.31. The number of benzene rings is 3. The fourth-order valence-corrected chi connectivity index (χ4v) is 4.11. The molecule has 3 aromatic carbocycles. The summed E-state index contributed by atoms with van der Waals surface area (Å²) >= 11 is 16.0. The first-order valence-electron chi connectivity index (χ1n) is 10.3. The Labute approximate surface area is 215 Å². The first-order chi connectivity index (χ1) is 16.4. The van der Waals surface area contributed by atoms with Gasteiger partial charge in [-0.25, -0.2) is 5.01 Å². The summed E-state index contributed by atoms with van der Waals surface area (Å²) in [4.78, 5) is 25.5. The van der Waals surface area contributed by atoms with Crippen molar-refractivity contribution in [2.24, 2.45) is 0 Å². The molecule has 9 heteroatoms. The van der Waals surface area contributed by atoms with Crippen LogP contribution in [0.2, 0.25) is 10.0 Å². The van der Waals surface area contributed by atoms with E-state index in [-0.39, 0.29) is 17.2 Å². The van der Waals surface area contributed by atoms with Gasteiger partial charge in [-0.05, 0) is 70.4 Å². The molecular formula is C25H19BrCl2N2O4. The molecule has 0 radical (unpaired) electrons. The molecule has 2 amide bonds. The highest BCUT2D eigenvalue weighted by Gasteiger charge is 2.34. The Morgan fingerprint density at radius 3 is 2.41 bits per heavy atom. The van der Waals surface area contributed by atoms with Gasteiger partial charge in [0.1, 0.15) is 17.2 Å². The van der Waals surface area contributed by atoms with Crippen LogP contribution in [0.15, 0.2) is 70.7 Å². The van der Waals surface area contributed by atoms with Crippen LogP contribution in [0.5, 0.6) is 11.5 Å². The number of amides is 2. The van der Waals surface area contributed by atoms with Gasteiger partial charge in [0.15, 0.2) is 11.5 Å². The van der Waals surface area contributed by atoms with Crippen molar-refractivity contribution in [3.63, 3.8) is 0 Å². The second-order valence-electron chi connectivity index (χ2n) is 7.24. The fraction of sp³-hybridized carbons (Fsp3) is 0.120. The number of carbonyl (C=O) groups excluding carboxylic acids is 2. The molecule has 1 fully saturated rings. The lowest BCUT2D eigenvalue weighted by molar-refractivity contribution is -0.117. The predicted molar refractivity (Wildman–Crippen MR) is 136 cm³/mol. The van der Waals surface area contributed by atoms with Crippen LogP contribution in [0.25, 0.3) is 6.08 Å². The number of rotatable bonds is 7. The van der Waals surface area contributed by atoms with Gasteiger partial charge in [-0.15, -0.1) is 0 Å². The van der Waals surface area contributed by atoms with Crippen molar-refractivity contribution in [3.8, 4) is 11.5 Å². The number of carbonyl (C=O) groups is 2. The minimum Gasteiger partial charge on any atom is -0.490 e. The van der Waals surface area contributed by atoms with Gasteiger partial charge in [0, 0.05) is 9.50 Å². The third kappa shape index (κ3) is 5.06. The number of nitrogens with zero attached hydrogens (tertiary/aromatic N) is 1. The van der Waals surface area contributed by atoms with E-state index in [1.54, 1.807) is 42.5 Å². The van der Waals surface area contributed by atoms with E-state index in [2.05, 4.69) is 21.4 Å². The van der Waals surface area contributed by atoms with Crippen LogP contribution < -0.4 is 19.9 Å². The minimum absolute atomic E-state index is 0.0297. The zero-order valence-corrected chi connectivity index (χ0v) is 21.1. The summed E-state index contributed by atoms with van der Waals surface area (Å²) < 4.78 is 12.2. The number of halogens is 3. The third-order valence-electron chi connectivity index (χ3n) is 4.96. The van der Waals surface area contributed by atoms with Crippen LogP contribution in [0.3, 0.4) is 0 Å². The molecule has 0 unspecified atom stereocenters. The molecule has 1 N–H and O–H groups in total. The van der Waals surface area contributed by atoms with Gasteiger partial charge >= 0.3 is 0 Å². The molecule has 0 saturated carbocycles. The van der Waals surface area contributed by atoms with E-state index in [9.17, 15) is 9.59 Å². The highest BCUT2D eigenvalue weighted by molar-refractivity contribution is 9.10. The molecule has 1 saturated heterocycles. The molecule has 34 heavy (non-hydrogen) atoms. The molecule has 4 rings (SSSR count). The van der Waals surface area contributed by atoms with Crippen LogP contribution in [0.1, 0.15) is 18.1 Å². The van der Waals surface area contributed by atoms with Gasteiger partial charge < -0.3 is 9.47 Å². The Morgan fingerprint density at radius 1 is 1.03 bits per heavy atom. The zero-order chi connectivity index (χ0) is 24.2. The average Bonchev–Trinajstić information content (AvgIpc) is 3.12. The number of ether oxygens (including phenoxy) is 2. The first kappa shape index (κ1) is 24.1. The van der Waals surface area contributed by atoms with Gasteiger partial charge in [0.2, 0.25) is 0 Å². The quantitative estimate of drug-likeness (QED) is 0.276. The van der Waals surface area contributed by atoms with Gasteiger partial charge in [-0.3, -0.25) is 15.0 Å². The highest BCUT2D eigenvalue weighted by Crippen LogP contribution is 2.44. The van der Waals surface area contributed by atoms with Gasteiger partial charge in [-0.2, -0.15) is 0 Å². The van der Waals surface area contributed by atoms with Crippen molar-refractivity contribution < 1.29 is 19.1 Å². The molecular weight excluding hydrogens is 543 g/mol. The van der Waals surface area contributed by atoms with Crippen molar-refractivity contribution >= 4 is 62.7 Å². The second kappa shape index (κ2) is 10.5. The van der Waals surface area contributed by atoms with Crippen molar-refractivity contribution in [1.29, 1.82) is 0 Å². The Balaban J connectivity index is 1.66. The van der Waals surface area contributed by atoms with Crippen molar-refractivity contribution in [1.82, 2.24) is 5.43 Å². The normalized spacial score (nSPS) is 14.5. The van der Waals surface area contributed by atoms with Gasteiger partial charge in [0.05, 0.1) is 12.3 Å². The van der Waals surface area contributed by atoms with E-state index in [1.807, 2.05) is 25.1 Å².